The maximum atomic E-state index is 11.3. The molecule has 1 aromatic carbocycles. The molecule has 0 aliphatic heterocycles. The average Bonchev–Trinajstić information content (AvgIpc) is 2.61. The number of carbonyl (C=O) groups excluding carboxylic acids is 1. The third-order valence-electron chi connectivity index (χ3n) is 4.02. The minimum atomic E-state index is -0.236. The molecule has 0 fully saturated rings. The van der Waals surface area contributed by atoms with Crippen LogP contribution in [0, 0.1) is 0 Å². The Morgan fingerprint density at radius 3 is 2.64 bits per heavy atom. The van der Waals surface area contributed by atoms with Crippen molar-refractivity contribution >= 4 is 12.0 Å². The van der Waals surface area contributed by atoms with Crippen molar-refractivity contribution < 1.29 is 14.6 Å². The standard InChI is InChI=1S/C22H32O3/c1-3-4-5-6-7-8-15-22(25-19(2)24)16-10-9-12-20-13-11-14-21(17-20)18-23/h9-14,16-17,22-23H,3-8,15,18H2,1-2H3. The number of unbranched alkanes of at least 4 members (excludes halogenated alkanes) is 5. The maximum Gasteiger partial charge on any atom is 0.303 e. The monoisotopic (exact) mass is 344 g/mol. The van der Waals surface area contributed by atoms with E-state index in [1.165, 1.54) is 39.0 Å². The molecule has 25 heavy (non-hydrogen) atoms. The Labute approximate surface area is 152 Å². The van der Waals surface area contributed by atoms with Gasteiger partial charge in [-0.05, 0) is 36.1 Å². The number of esters is 1. The van der Waals surface area contributed by atoms with Gasteiger partial charge >= 0.3 is 5.97 Å². The number of aliphatic hydroxyl groups excluding tert-OH is 1. The van der Waals surface area contributed by atoms with Crippen LogP contribution in [0.25, 0.3) is 6.08 Å². The first-order valence-electron chi connectivity index (χ1n) is 9.37. The zero-order valence-corrected chi connectivity index (χ0v) is 15.6. The summed E-state index contributed by atoms with van der Waals surface area (Å²) in [4.78, 5) is 11.3. The minimum absolute atomic E-state index is 0.0459. The van der Waals surface area contributed by atoms with Crippen molar-refractivity contribution in [2.75, 3.05) is 0 Å². The van der Waals surface area contributed by atoms with Crippen molar-refractivity contribution in [2.24, 2.45) is 0 Å². The molecule has 1 unspecified atom stereocenters. The molecule has 0 aliphatic carbocycles. The number of ether oxygens (including phenoxy) is 1. The number of benzene rings is 1. The van der Waals surface area contributed by atoms with Crippen molar-refractivity contribution in [3.05, 3.63) is 53.6 Å². The van der Waals surface area contributed by atoms with E-state index in [4.69, 9.17) is 9.84 Å². The fourth-order valence-electron chi connectivity index (χ4n) is 2.68. The average molecular weight is 344 g/mol. The molecule has 3 nitrogen and oxygen atoms in total. The number of aliphatic hydroxyl groups is 1. The number of carbonyl (C=O) groups is 1. The molecule has 0 saturated heterocycles. The summed E-state index contributed by atoms with van der Waals surface area (Å²) in [7, 11) is 0. The van der Waals surface area contributed by atoms with Crippen LogP contribution in [0.15, 0.2) is 42.5 Å². The molecule has 1 atom stereocenters. The van der Waals surface area contributed by atoms with Gasteiger partial charge < -0.3 is 9.84 Å². The van der Waals surface area contributed by atoms with Crippen LogP contribution in [-0.4, -0.2) is 17.2 Å². The van der Waals surface area contributed by atoms with Crippen LogP contribution in [0.4, 0.5) is 0 Å². The van der Waals surface area contributed by atoms with Crippen LogP contribution in [0.3, 0.4) is 0 Å². The number of allylic oxidation sites excluding steroid dienone is 2. The lowest BCUT2D eigenvalue weighted by atomic mass is 10.1. The van der Waals surface area contributed by atoms with E-state index in [9.17, 15) is 4.79 Å². The summed E-state index contributed by atoms with van der Waals surface area (Å²) in [6.45, 7) is 3.72. The van der Waals surface area contributed by atoms with Crippen molar-refractivity contribution in [3.8, 4) is 0 Å². The van der Waals surface area contributed by atoms with Gasteiger partial charge in [0, 0.05) is 6.92 Å². The van der Waals surface area contributed by atoms with Crippen LogP contribution in [0.5, 0.6) is 0 Å². The largest absolute Gasteiger partial charge is 0.458 e. The predicted octanol–water partition coefficient (Wildman–Crippen LogP) is 5.43. The molecular formula is C22H32O3. The zero-order valence-electron chi connectivity index (χ0n) is 15.6. The van der Waals surface area contributed by atoms with Crippen LogP contribution in [-0.2, 0) is 16.1 Å². The molecule has 0 spiro atoms. The topological polar surface area (TPSA) is 46.5 Å². The lowest BCUT2D eigenvalue weighted by Gasteiger charge is -2.12. The molecule has 138 valence electrons. The summed E-state index contributed by atoms with van der Waals surface area (Å²) >= 11 is 0. The van der Waals surface area contributed by atoms with Crippen molar-refractivity contribution in [2.45, 2.75) is 71.5 Å². The Morgan fingerprint density at radius 1 is 1.16 bits per heavy atom. The van der Waals surface area contributed by atoms with Crippen molar-refractivity contribution in [1.29, 1.82) is 0 Å². The highest BCUT2D eigenvalue weighted by molar-refractivity contribution is 5.66. The molecule has 0 aromatic heterocycles. The fourth-order valence-corrected chi connectivity index (χ4v) is 2.68. The molecular weight excluding hydrogens is 312 g/mol. The summed E-state index contributed by atoms with van der Waals surface area (Å²) in [5, 5.41) is 9.15. The Morgan fingerprint density at radius 2 is 1.92 bits per heavy atom. The van der Waals surface area contributed by atoms with Gasteiger partial charge in [0.05, 0.1) is 6.61 Å². The van der Waals surface area contributed by atoms with Crippen LogP contribution in [0.2, 0.25) is 0 Å². The SMILES string of the molecule is CCCCCCCCC(C=CC=Cc1cccc(CO)c1)OC(C)=O. The van der Waals surface area contributed by atoms with E-state index in [1.54, 1.807) is 0 Å². The molecule has 0 heterocycles. The van der Waals surface area contributed by atoms with Gasteiger partial charge in [0.25, 0.3) is 0 Å². The molecule has 1 rings (SSSR count). The summed E-state index contributed by atoms with van der Waals surface area (Å²) < 4.78 is 5.37. The van der Waals surface area contributed by atoms with Gasteiger partial charge in [0.1, 0.15) is 6.10 Å². The normalized spacial score (nSPS) is 12.8. The van der Waals surface area contributed by atoms with Gasteiger partial charge in [-0.1, -0.05) is 75.5 Å². The quantitative estimate of drug-likeness (QED) is 0.312. The molecule has 0 saturated carbocycles. The summed E-state index contributed by atoms with van der Waals surface area (Å²) in [5.74, 6) is -0.236. The molecule has 0 aliphatic rings. The van der Waals surface area contributed by atoms with E-state index in [0.29, 0.717) is 0 Å². The van der Waals surface area contributed by atoms with E-state index in [0.717, 1.165) is 24.0 Å². The van der Waals surface area contributed by atoms with Crippen LogP contribution in [0.1, 0.15) is 69.9 Å². The third-order valence-corrected chi connectivity index (χ3v) is 4.02. The summed E-state index contributed by atoms with van der Waals surface area (Å²) in [5.41, 5.74) is 1.93. The third kappa shape index (κ3) is 10.6. The molecule has 1 aromatic rings. The Bertz CT molecular complexity index is 546. The molecule has 0 amide bonds. The lowest BCUT2D eigenvalue weighted by Crippen LogP contribution is -2.13. The van der Waals surface area contributed by atoms with Crippen LogP contribution >= 0.6 is 0 Å². The molecule has 3 heteroatoms. The summed E-state index contributed by atoms with van der Waals surface area (Å²) in [6, 6.07) is 7.76. The first-order valence-corrected chi connectivity index (χ1v) is 9.37. The van der Waals surface area contributed by atoms with E-state index in [1.807, 2.05) is 48.6 Å². The Balaban J connectivity index is 2.45. The molecule has 0 radical (unpaired) electrons. The minimum Gasteiger partial charge on any atom is -0.458 e. The van der Waals surface area contributed by atoms with E-state index in [2.05, 4.69) is 6.92 Å². The maximum absolute atomic E-state index is 11.3. The highest BCUT2D eigenvalue weighted by Crippen LogP contribution is 2.12. The summed E-state index contributed by atoms with van der Waals surface area (Å²) in [6.07, 6.45) is 15.9. The van der Waals surface area contributed by atoms with Gasteiger partial charge in [-0.3, -0.25) is 4.79 Å². The number of hydrogen-bond donors (Lipinski definition) is 1. The molecule has 0 bridgehead atoms. The number of rotatable bonds is 12. The lowest BCUT2D eigenvalue weighted by molar-refractivity contribution is -0.144. The fraction of sp³-hybridized carbons (Fsp3) is 0.500. The van der Waals surface area contributed by atoms with Gasteiger partial charge in [0.2, 0.25) is 0 Å². The number of hydrogen-bond acceptors (Lipinski definition) is 3. The van der Waals surface area contributed by atoms with Gasteiger partial charge in [-0.25, -0.2) is 0 Å². The first kappa shape index (κ1) is 21.2. The van der Waals surface area contributed by atoms with Crippen molar-refractivity contribution in [1.82, 2.24) is 0 Å². The van der Waals surface area contributed by atoms with E-state index >= 15 is 0 Å². The molecule has 1 N–H and O–H groups in total. The Hall–Kier alpha value is -1.87. The van der Waals surface area contributed by atoms with Gasteiger partial charge in [-0.2, -0.15) is 0 Å². The highest BCUT2D eigenvalue weighted by Gasteiger charge is 2.07. The van der Waals surface area contributed by atoms with Crippen molar-refractivity contribution in [3.63, 3.8) is 0 Å². The van der Waals surface area contributed by atoms with Gasteiger partial charge in [-0.15, -0.1) is 0 Å². The highest BCUT2D eigenvalue weighted by atomic mass is 16.5. The van der Waals surface area contributed by atoms with E-state index < -0.39 is 0 Å². The second-order valence-corrected chi connectivity index (χ2v) is 6.35. The van der Waals surface area contributed by atoms with Crippen LogP contribution < -0.4 is 0 Å². The smallest absolute Gasteiger partial charge is 0.303 e. The van der Waals surface area contributed by atoms with Gasteiger partial charge in [0.15, 0.2) is 0 Å². The predicted molar refractivity (Wildman–Crippen MR) is 104 cm³/mol. The Kier molecular flexibility index (Phi) is 11.4. The second-order valence-electron chi connectivity index (χ2n) is 6.35. The van der Waals surface area contributed by atoms with E-state index in [-0.39, 0.29) is 18.7 Å². The second kappa shape index (κ2) is 13.4. The first-order chi connectivity index (χ1) is 12.2. The zero-order chi connectivity index (χ0) is 18.3.